The zero-order chi connectivity index (χ0) is 23.8. The van der Waals surface area contributed by atoms with Gasteiger partial charge in [0, 0.05) is 5.69 Å². The molecule has 0 heterocycles. The third-order valence-electron chi connectivity index (χ3n) is 3.79. The summed E-state index contributed by atoms with van der Waals surface area (Å²) in [5.41, 5.74) is -3.42. The molecule has 2 aromatic carbocycles. The van der Waals surface area contributed by atoms with Crippen LogP contribution in [0.25, 0.3) is 0 Å². The zero-order valence-electron chi connectivity index (χ0n) is 15.3. The topological polar surface area (TPSA) is 66.5 Å². The molecule has 0 aliphatic carbocycles. The second-order valence-corrected chi connectivity index (χ2v) is 8.89. The fraction of sp³-hybridized carbons (Fsp3) is 0.235. The number of sulfonamides is 1. The Labute approximate surface area is 182 Å². The molecule has 0 unspecified atom stereocenters. The predicted octanol–water partition coefficient (Wildman–Crippen LogP) is 5.44. The number of halogens is 8. The van der Waals surface area contributed by atoms with Gasteiger partial charge in [-0.05, 0) is 36.4 Å². The molecule has 0 atom stereocenters. The van der Waals surface area contributed by atoms with Crippen LogP contribution in [0.2, 0.25) is 10.0 Å². The van der Waals surface area contributed by atoms with E-state index in [1.165, 1.54) is 0 Å². The molecule has 1 N–H and O–H groups in total. The van der Waals surface area contributed by atoms with Crippen molar-refractivity contribution >= 4 is 50.5 Å². The Balaban J connectivity index is 2.35. The molecular weight excluding hydrogens is 497 g/mol. The van der Waals surface area contributed by atoms with E-state index in [0.717, 1.165) is 24.3 Å². The number of hydrogen-bond acceptors (Lipinski definition) is 3. The molecule has 0 saturated heterocycles. The van der Waals surface area contributed by atoms with Gasteiger partial charge in [-0.2, -0.15) is 26.3 Å². The first-order valence-corrected chi connectivity index (χ1v) is 10.6. The maximum Gasteiger partial charge on any atom is 0.417 e. The lowest BCUT2D eigenvalue weighted by atomic mass is 10.2. The van der Waals surface area contributed by atoms with Gasteiger partial charge in [0.1, 0.15) is 6.54 Å². The quantitative estimate of drug-likeness (QED) is 0.547. The van der Waals surface area contributed by atoms with Gasteiger partial charge in [-0.3, -0.25) is 9.10 Å². The van der Waals surface area contributed by atoms with Crippen LogP contribution in [0.15, 0.2) is 36.4 Å². The van der Waals surface area contributed by atoms with Gasteiger partial charge in [0.15, 0.2) is 0 Å². The molecule has 0 fully saturated rings. The molecule has 0 radical (unpaired) electrons. The van der Waals surface area contributed by atoms with Gasteiger partial charge in [-0.15, -0.1) is 0 Å². The molecule has 0 spiro atoms. The van der Waals surface area contributed by atoms with E-state index < -0.39 is 61.7 Å². The van der Waals surface area contributed by atoms with Gasteiger partial charge < -0.3 is 5.32 Å². The van der Waals surface area contributed by atoms with Crippen LogP contribution in [0.1, 0.15) is 11.1 Å². The third-order valence-corrected chi connectivity index (χ3v) is 5.59. The number of carbonyl (C=O) groups is 1. The van der Waals surface area contributed by atoms with Crippen LogP contribution in [0.5, 0.6) is 0 Å². The third kappa shape index (κ3) is 6.40. The molecule has 0 aromatic heterocycles. The monoisotopic (exact) mass is 508 g/mol. The predicted molar refractivity (Wildman–Crippen MR) is 104 cm³/mol. The molecule has 2 rings (SSSR count). The van der Waals surface area contributed by atoms with Crippen molar-refractivity contribution in [3.63, 3.8) is 0 Å². The van der Waals surface area contributed by atoms with E-state index >= 15 is 0 Å². The number of rotatable bonds is 5. The fourth-order valence-electron chi connectivity index (χ4n) is 2.44. The van der Waals surface area contributed by atoms with Crippen molar-refractivity contribution in [1.29, 1.82) is 0 Å². The Morgan fingerprint density at radius 2 is 1.42 bits per heavy atom. The maximum absolute atomic E-state index is 13.1. The van der Waals surface area contributed by atoms with E-state index in [-0.39, 0.29) is 5.69 Å². The molecule has 1 amide bonds. The minimum atomic E-state index is -4.89. The van der Waals surface area contributed by atoms with Crippen molar-refractivity contribution in [3.05, 3.63) is 57.6 Å². The summed E-state index contributed by atoms with van der Waals surface area (Å²) in [6.07, 6.45) is -9.06. The van der Waals surface area contributed by atoms with Crippen molar-refractivity contribution in [2.75, 3.05) is 22.4 Å². The minimum Gasteiger partial charge on any atom is -0.324 e. The lowest BCUT2D eigenvalue weighted by molar-refractivity contribution is -0.138. The van der Waals surface area contributed by atoms with Gasteiger partial charge in [-0.1, -0.05) is 23.2 Å². The van der Waals surface area contributed by atoms with Crippen LogP contribution in [-0.2, 0) is 27.2 Å². The number of nitrogens with one attached hydrogen (secondary N) is 1. The highest BCUT2D eigenvalue weighted by Gasteiger charge is 2.35. The zero-order valence-corrected chi connectivity index (χ0v) is 17.6. The van der Waals surface area contributed by atoms with Crippen LogP contribution in [-0.4, -0.2) is 27.1 Å². The molecule has 0 aliphatic rings. The summed E-state index contributed by atoms with van der Waals surface area (Å²) in [5.74, 6) is -1.11. The largest absolute Gasteiger partial charge is 0.417 e. The average Bonchev–Trinajstić information content (AvgIpc) is 2.59. The van der Waals surface area contributed by atoms with Crippen LogP contribution in [0.4, 0.5) is 37.7 Å². The number of hydrogen-bond donors (Lipinski definition) is 1. The van der Waals surface area contributed by atoms with Crippen LogP contribution in [0.3, 0.4) is 0 Å². The van der Waals surface area contributed by atoms with E-state index in [1.807, 2.05) is 0 Å². The number of anilines is 2. The lowest BCUT2D eigenvalue weighted by Crippen LogP contribution is -2.37. The van der Waals surface area contributed by atoms with E-state index in [1.54, 1.807) is 0 Å². The highest BCUT2D eigenvalue weighted by Crippen LogP contribution is 2.38. The van der Waals surface area contributed by atoms with Crippen LogP contribution >= 0.6 is 23.2 Å². The highest BCUT2D eigenvalue weighted by atomic mass is 35.5. The fourth-order valence-corrected chi connectivity index (χ4v) is 3.73. The highest BCUT2D eigenvalue weighted by molar-refractivity contribution is 7.92. The van der Waals surface area contributed by atoms with Gasteiger partial charge in [0.25, 0.3) is 0 Å². The molecular formula is C17H12Cl2F6N2O3S. The molecule has 170 valence electrons. The van der Waals surface area contributed by atoms with Crippen molar-refractivity contribution in [2.24, 2.45) is 0 Å². The summed E-state index contributed by atoms with van der Waals surface area (Å²) < 4.78 is 102. The van der Waals surface area contributed by atoms with Gasteiger partial charge >= 0.3 is 12.4 Å². The first kappa shape index (κ1) is 25.1. The molecule has 2 aromatic rings. The molecule has 0 saturated carbocycles. The lowest BCUT2D eigenvalue weighted by Gasteiger charge is -2.23. The molecule has 0 bridgehead atoms. The molecule has 0 aliphatic heterocycles. The van der Waals surface area contributed by atoms with Crippen molar-refractivity contribution < 1.29 is 39.6 Å². The minimum absolute atomic E-state index is 0.345. The van der Waals surface area contributed by atoms with Crippen molar-refractivity contribution in [2.45, 2.75) is 12.4 Å². The Kier molecular flexibility index (Phi) is 7.08. The Morgan fingerprint density at radius 3 is 1.90 bits per heavy atom. The number of alkyl halides is 6. The molecule has 14 heteroatoms. The van der Waals surface area contributed by atoms with E-state index in [9.17, 15) is 39.6 Å². The number of amides is 1. The van der Waals surface area contributed by atoms with Crippen molar-refractivity contribution in [3.8, 4) is 0 Å². The normalized spacial score (nSPS) is 12.5. The number of benzene rings is 2. The SMILES string of the molecule is CS(=O)(=O)N(CC(=O)Nc1ccc(Cl)c(C(F)(F)F)c1)c1ccc(Cl)c(C(F)(F)F)c1. The summed E-state index contributed by atoms with van der Waals surface area (Å²) >= 11 is 11.0. The number of nitrogens with zero attached hydrogens (tertiary/aromatic N) is 1. The first-order valence-electron chi connectivity index (χ1n) is 8.01. The number of carbonyl (C=O) groups excluding carboxylic acids is 1. The molecule has 31 heavy (non-hydrogen) atoms. The van der Waals surface area contributed by atoms with E-state index in [2.05, 4.69) is 5.32 Å². The average molecular weight is 509 g/mol. The first-order chi connectivity index (χ1) is 14.0. The summed E-state index contributed by atoms with van der Waals surface area (Å²) in [7, 11) is -4.26. The Morgan fingerprint density at radius 1 is 0.935 bits per heavy atom. The van der Waals surface area contributed by atoms with Crippen LogP contribution in [0, 0.1) is 0 Å². The standard InChI is InChI=1S/C17H12Cl2F6N2O3S/c1-31(29,30)27(10-3-5-14(19)12(7-10)17(23,24)25)8-15(28)26-9-2-4-13(18)11(6-9)16(20,21)22/h2-7H,8H2,1H3,(H,26,28). The smallest absolute Gasteiger partial charge is 0.324 e. The van der Waals surface area contributed by atoms with E-state index in [0.29, 0.717) is 22.7 Å². The van der Waals surface area contributed by atoms with Crippen LogP contribution < -0.4 is 9.62 Å². The second kappa shape index (κ2) is 8.75. The van der Waals surface area contributed by atoms with Gasteiger partial charge in [0.05, 0.1) is 33.1 Å². The summed E-state index contributed by atoms with van der Waals surface area (Å²) in [6, 6.07) is 4.67. The van der Waals surface area contributed by atoms with Gasteiger partial charge in [-0.25, -0.2) is 8.42 Å². The van der Waals surface area contributed by atoms with Gasteiger partial charge in [0.2, 0.25) is 15.9 Å². The second-order valence-electron chi connectivity index (χ2n) is 6.17. The van der Waals surface area contributed by atoms with E-state index in [4.69, 9.17) is 23.2 Å². The van der Waals surface area contributed by atoms with Crippen molar-refractivity contribution in [1.82, 2.24) is 0 Å². The molecule has 5 nitrogen and oxygen atoms in total. The Hall–Kier alpha value is -2.18. The summed E-state index contributed by atoms with van der Waals surface area (Å²) in [5, 5.41) is 0.752. The maximum atomic E-state index is 13.1. The Bertz CT molecular complexity index is 1100. The summed E-state index contributed by atoms with van der Waals surface area (Å²) in [4.78, 5) is 12.3. The summed E-state index contributed by atoms with van der Waals surface area (Å²) in [6.45, 7) is -1.01.